The number of benzene rings is 2. The molecule has 4 rings (SSSR count). The second-order valence-electron chi connectivity index (χ2n) is 7.54. The van der Waals surface area contributed by atoms with Crippen LogP contribution in [0.3, 0.4) is 0 Å². The second-order valence-corrected chi connectivity index (χ2v) is 10.5. The number of aromatic nitrogens is 1. The van der Waals surface area contributed by atoms with Crippen LogP contribution in [0.4, 0.5) is 0 Å². The Morgan fingerprint density at radius 3 is 2.62 bits per heavy atom. The van der Waals surface area contributed by atoms with Gasteiger partial charge >= 0.3 is 0 Å². The number of carbonyl (C=O) groups excluding carboxylic acids is 1. The molecule has 168 valence electrons. The number of hydrogen-bond acceptors (Lipinski definition) is 5. The zero-order valence-corrected chi connectivity index (χ0v) is 19.7. The lowest BCUT2D eigenvalue weighted by molar-refractivity contribution is 0.0997. The number of carbonyl (C=O) groups is 1. The monoisotopic (exact) mass is 471 g/mol. The Bertz CT molecular complexity index is 1330. The number of rotatable bonds is 8. The van der Waals surface area contributed by atoms with Gasteiger partial charge < -0.3 is 9.30 Å². The molecule has 1 aromatic heterocycles. The Morgan fingerprint density at radius 2 is 2.00 bits per heavy atom. The number of sulfonamides is 1. The van der Waals surface area contributed by atoms with Crippen LogP contribution in [0.1, 0.15) is 30.1 Å². The molecular formula is C23H25N3O4S2. The normalized spacial score (nSPS) is 14.8. The zero-order valence-electron chi connectivity index (χ0n) is 18.0. The number of amides is 1. The van der Waals surface area contributed by atoms with E-state index < -0.39 is 15.9 Å². The van der Waals surface area contributed by atoms with Gasteiger partial charge in [0, 0.05) is 25.2 Å². The molecule has 3 aromatic rings. The highest BCUT2D eigenvalue weighted by Crippen LogP contribution is 2.30. The van der Waals surface area contributed by atoms with Crippen molar-refractivity contribution < 1.29 is 17.9 Å². The van der Waals surface area contributed by atoms with Gasteiger partial charge in [-0.3, -0.25) is 4.79 Å². The van der Waals surface area contributed by atoms with Crippen LogP contribution in [-0.4, -0.2) is 42.9 Å². The molecule has 1 saturated carbocycles. The summed E-state index contributed by atoms with van der Waals surface area (Å²) in [5.41, 5.74) is 1.27. The average Bonchev–Trinajstić information content (AvgIpc) is 3.58. The molecule has 1 aliphatic rings. The van der Waals surface area contributed by atoms with E-state index in [-0.39, 0.29) is 10.9 Å². The highest BCUT2D eigenvalue weighted by molar-refractivity contribution is 7.89. The van der Waals surface area contributed by atoms with Gasteiger partial charge in [-0.25, -0.2) is 8.42 Å². The summed E-state index contributed by atoms with van der Waals surface area (Å²) in [6, 6.07) is 11.8. The molecule has 7 nitrogen and oxygen atoms in total. The summed E-state index contributed by atoms with van der Waals surface area (Å²) in [6.45, 7) is 6.81. The van der Waals surface area contributed by atoms with Crippen LogP contribution < -0.4 is 9.54 Å². The number of allylic oxidation sites excluding steroid dienone is 1. The smallest absolute Gasteiger partial charge is 0.279 e. The Balaban J connectivity index is 1.66. The first-order valence-electron chi connectivity index (χ1n) is 10.4. The van der Waals surface area contributed by atoms with Gasteiger partial charge in [0.15, 0.2) is 4.80 Å². The predicted octanol–water partition coefficient (Wildman–Crippen LogP) is 3.81. The molecule has 0 saturated heterocycles. The molecule has 1 amide bonds. The molecule has 1 fully saturated rings. The molecule has 0 aliphatic heterocycles. The van der Waals surface area contributed by atoms with Crippen LogP contribution in [0, 0.1) is 0 Å². The molecule has 0 radical (unpaired) electrons. The Hall–Kier alpha value is -2.75. The minimum atomic E-state index is -3.55. The zero-order chi connectivity index (χ0) is 22.9. The Morgan fingerprint density at radius 1 is 1.28 bits per heavy atom. The van der Waals surface area contributed by atoms with E-state index in [4.69, 9.17) is 4.74 Å². The topological polar surface area (TPSA) is 81.0 Å². The number of thiazole rings is 1. The molecule has 9 heteroatoms. The SMILES string of the molecule is C=CCn1c(=NC(=O)c2ccc(S(=O)(=O)N(C)C3CC3)cc2)sc2cc(OCC)ccc21. The van der Waals surface area contributed by atoms with Crippen LogP contribution in [0.5, 0.6) is 5.75 Å². The van der Waals surface area contributed by atoms with Gasteiger partial charge in [-0.1, -0.05) is 17.4 Å². The first-order valence-corrected chi connectivity index (χ1v) is 12.6. The molecule has 1 aliphatic carbocycles. The third-order valence-electron chi connectivity index (χ3n) is 5.31. The van der Waals surface area contributed by atoms with Crippen molar-refractivity contribution in [3.8, 4) is 5.75 Å². The first kappa shape index (κ1) is 22.4. The second kappa shape index (κ2) is 9.01. The standard InChI is InChI=1S/C23H25N3O4S2/c1-4-14-26-20-13-10-18(30-5-2)15-21(20)31-23(26)24-22(27)16-6-11-19(12-7-16)32(28,29)25(3)17-8-9-17/h4,6-7,10-13,15,17H,1,5,8-9,14H2,2-3H3. The molecule has 0 N–H and O–H groups in total. The van der Waals surface area contributed by atoms with E-state index in [1.807, 2.05) is 29.7 Å². The van der Waals surface area contributed by atoms with Gasteiger partial charge in [0.05, 0.1) is 21.7 Å². The van der Waals surface area contributed by atoms with E-state index in [1.54, 1.807) is 13.1 Å². The molecular weight excluding hydrogens is 446 g/mol. The van der Waals surface area contributed by atoms with Crippen LogP contribution in [0.15, 0.2) is 65.0 Å². The number of hydrogen-bond donors (Lipinski definition) is 0. The van der Waals surface area contributed by atoms with Crippen molar-refractivity contribution in [3.05, 3.63) is 65.5 Å². The first-order chi connectivity index (χ1) is 15.3. The summed E-state index contributed by atoms with van der Waals surface area (Å²) < 4.78 is 35.2. The summed E-state index contributed by atoms with van der Waals surface area (Å²) in [5.74, 6) is 0.330. The lowest BCUT2D eigenvalue weighted by Gasteiger charge is -2.16. The summed E-state index contributed by atoms with van der Waals surface area (Å²) in [5, 5.41) is 0. The molecule has 0 unspecified atom stereocenters. The molecule has 1 heterocycles. The fraction of sp³-hybridized carbons (Fsp3) is 0.304. The third-order valence-corrected chi connectivity index (χ3v) is 8.28. The lowest BCUT2D eigenvalue weighted by atomic mass is 10.2. The third kappa shape index (κ3) is 4.41. The Kier molecular flexibility index (Phi) is 6.32. The van der Waals surface area contributed by atoms with Crippen molar-refractivity contribution in [2.75, 3.05) is 13.7 Å². The van der Waals surface area contributed by atoms with E-state index in [0.29, 0.717) is 23.5 Å². The largest absolute Gasteiger partial charge is 0.494 e. The fourth-order valence-electron chi connectivity index (χ4n) is 3.42. The van der Waals surface area contributed by atoms with Gasteiger partial charge in [0.1, 0.15) is 5.75 Å². The van der Waals surface area contributed by atoms with Gasteiger partial charge in [0.25, 0.3) is 5.91 Å². The Labute approximate surface area is 191 Å². The maximum absolute atomic E-state index is 12.8. The fourth-order valence-corrected chi connectivity index (χ4v) is 5.90. The molecule has 0 spiro atoms. The highest BCUT2D eigenvalue weighted by Gasteiger charge is 2.35. The average molecular weight is 472 g/mol. The van der Waals surface area contributed by atoms with E-state index in [0.717, 1.165) is 28.8 Å². The van der Waals surface area contributed by atoms with E-state index in [2.05, 4.69) is 11.6 Å². The molecule has 2 aromatic carbocycles. The van der Waals surface area contributed by atoms with Gasteiger partial charge in [-0.15, -0.1) is 6.58 Å². The number of ether oxygens (including phenoxy) is 1. The highest BCUT2D eigenvalue weighted by atomic mass is 32.2. The minimum Gasteiger partial charge on any atom is -0.494 e. The molecule has 0 atom stereocenters. The van der Waals surface area contributed by atoms with Crippen molar-refractivity contribution in [2.24, 2.45) is 4.99 Å². The van der Waals surface area contributed by atoms with Crippen LogP contribution in [-0.2, 0) is 16.6 Å². The number of nitrogens with zero attached hydrogens (tertiary/aromatic N) is 3. The van der Waals surface area contributed by atoms with Crippen molar-refractivity contribution >= 4 is 37.5 Å². The van der Waals surface area contributed by atoms with E-state index in [9.17, 15) is 13.2 Å². The van der Waals surface area contributed by atoms with Gasteiger partial charge in [-0.05, 0) is 62.2 Å². The summed E-state index contributed by atoms with van der Waals surface area (Å²) >= 11 is 1.39. The van der Waals surface area contributed by atoms with Gasteiger partial charge in [0.2, 0.25) is 10.0 Å². The maximum Gasteiger partial charge on any atom is 0.279 e. The minimum absolute atomic E-state index is 0.0767. The van der Waals surface area contributed by atoms with Crippen LogP contribution >= 0.6 is 11.3 Å². The summed E-state index contributed by atoms with van der Waals surface area (Å²) in [6.07, 6.45) is 3.52. The summed E-state index contributed by atoms with van der Waals surface area (Å²) in [4.78, 5) is 17.9. The van der Waals surface area contributed by atoms with Crippen molar-refractivity contribution in [3.63, 3.8) is 0 Å². The molecule has 0 bridgehead atoms. The van der Waals surface area contributed by atoms with Crippen molar-refractivity contribution in [1.29, 1.82) is 0 Å². The quantitative estimate of drug-likeness (QED) is 0.468. The van der Waals surface area contributed by atoms with Crippen molar-refractivity contribution in [1.82, 2.24) is 8.87 Å². The summed E-state index contributed by atoms with van der Waals surface area (Å²) in [7, 11) is -1.96. The lowest BCUT2D eigenvalue weighted by Crippen LogP contribution is -2.28. The molecule has 32 heavy (non-hydrogen) atoms. The van der Waals surface area contributed by atoms with Crippen LogP contribution in [0.25, 0.3) is 10.2 Å². The van der Waals surface area contributed by atoms with Crippen molar-refractivity contribution in [2.45, 2.75) is 37.2 Å². The van der Waals surface area contributed by atoms with Gasteiger partial charge in [-0.2, -0.15) is 9.30 Å². The predicted molar refractivity (Wildman–Crippen MR) is 125 cm³/mol. The van der Waals surface area contributed by atoms with Crippen LogP contribution in [0.2, 0.25) is 0 Å². The van der Waals surface area contributed by atoms with E-state index in [1.165, 1.54) is 39.9 Å². The van der Waals surface area contributed by atoms with E-state index >= 15 is 0 Å². The number of fused-ring (bicyclic) bond motifs is 1. The maximum atomic E-state index is 12.8.